The minimum absolute atomic E-state index is 0.0661. The van der Waals surface area contributed by atoms with Crippen LogP contribution in [0.4, 0.5) is 0 Å². The molecule has 1 heterocycles. The van der Waals surface area contributed by atoms with E-state index in [1.807, 2.05) is 53.4 Å². The molecule has 0 spiro atoms. The van der Waals surface area contributed by atoms with E-state index in [1.165, 1.54) is 17.7 Å². The van der Waals surface area contributed by atoms with Crippen LogP contribution in [0.1, 0.15) is 11.1 Å². The van der Waals surface area contributed by atoms with E-state index in [1.54, 1.807) is 12.1 Å². The van der Waals surface area contributed by atoms with Gasteiger partial charge in [0.05, 0.1) is 4.90 Å². The number of carbonyl (C=O) groups is 1. The number of ether oxygens (including phenoxy) is 1. The van der Waals surface area contributed by atoms with Crippen LogP contribution in [0.3, 0.4) is 0 Å². The number of amides is 1. The molecule has 0 saturated carbocycles. The van der Waals surface area contributed by atoms with Crippen LogP contribution in [0.5, 0.6) is 5.75 Å². The van der Waals surface area contributed by atoms with E-state index in [-0.39, 0.29) is 17.4 Å². The van der Waals surface area contributed by atoms with E-state index in [0.717, 1.165) is 25.2 Å². The smallest absolute Gasteiger partial charge is 0.260 e. The second-order valence-electron chi connectivity index (χ2n) is 8.54. The summed E-state index contributed by atoms with van der Waals surface area (Å²) in [6, 6.07) is 26.2. The summed E-state index contributed by atoms with van der Waals surface area (Å²) >= 11 is 0. The Balaban J connectivity index is 1.20. The van der Waals surface area contributed by atoms with Gasteiger partial charge in [-0.05, 0) is 41.8 Å². The first kappa shape index (κ1) is 24.9. The summed E-state index contributed by atoms with van der Waals surface area (Å²) in [6.07, 6.45) is 0.615. The summed E-state index contributed by atoms with van der Waals surface area (Å²) in [4.78, 5) is 16.9. The molecule has 8 heteroatoms. The van der Waals surface area contributed by atoms with E-state index in [0.29, 0.717) is 31.8 Å². The molecular weight excluding hydrogens is 462 g/mol. The van der Waals surface area contributed by atoms with E-state index < -0.39 is 10.0 Å². The zero-order valence-electron chi connectivity index (χ0n) is 19.7. The average molecular weight is 494 g/mol. The van der Waals surface area contributed by atoms with Crippen molar-refractivity contribution in [1.82, 2.24) is 14.5 Å². The first-order valence-electron chi connectivity index (χ1n) is 11.8. The van der Waals surface area contributed by atoms with Gasteiger partial charge in [0, 0.05) is 39.3 Å². The minimum Gasteiger partial charge on any atom is -0.484 e. The second kappa shape index (κ2) is 12.0. The molecule has 0 aromatic heterocycles. The van der Waals surface area contributed by atoms with Crippen molar-refractivity contribution in [3.63, 3.8) is 0 Å². The standard InChI is InChI=1S/C27H31N3O4S/c31-27(30-19-17-29(18-20-30)21-24-9-5-2-6-10-24)22-34-25-11-13-26(14-12-25)35(32,33)28-16-15-23-7-3-1-4-8-23/h1-14,28H,15-22H2. The maximum atomic E-state index is 12.6. The van der Waals surface area contributed by atoms with Crippen molar-refractivity contribution in [3.05, 3.63) is 96.1 Å². The Labute approximate surface area is 207 Å². The van der Waals surface area contributed by atoms with Gasteiger partial charge in [0.2, 0.25) is 10.0 Å². The van der Waals surface area contributed by atoms with Gasteiger partial charge < -0.3 is 9.64 Å². The van der Waals surface area contributed by atoms with Gasteiger partial charge in [0.1, 0.15) is 5.75 Å². The molecule has 1 saturated heterocycles. The summed E-state index contributed by atoms with van der Waals surface area (Å²) in [5.74, 6) is 0.396. The topological polar surface area (TPSA) is 78.9 Å². The van der Waals surface area contributed by atoms with Crippen molar-refractivity contribution in [3.8, 4) is 5.75 Å². The predicted octanol–water partition coefficient (Wildman–Crippen LogP) is 2.93. The number of piperazine rings is 1. The molecule has 0 radical (unpaired) electrons. The van der Waals surface area contributed by atoms with Gasteiger partial charge in [-0.3, -0.25) is 9.69 Å². The fraction of sp³-hybridized carbons (Fsp3) is 0.296. The number of nitrogens with zero attached hydrogens (tertiary/aromatic N) is 2. The van der Waals surface area contributed by atoms with E-state index in [2.05, 4.69) is 21.8 Å². The predicted molar refractivity (Wildman–Crippen MR) is 136 cm³/mol. The molecule has 1 aliphatic heterocycles. The molecule has 184 valence electrons. The van der Waals surface area contributed by atoms with E-state index in [9.17, 15) is 13.2 Å². The van der Waals surface area contributed by atoms with E-state index in [4.69, 9.17) is 4.74 Å². The first-order chi connectivity index (χ1) is 17.0. The highest BCUT2D eigenvalue weighted by molar-refractivity contribution is 7.89. The summed E-state index contributed by atoms with van der Waals surface area (Å²) in [6.45, 7) is 4.12. The fourth-order valence-electron chi connectivity index (χ4n) is 4.01. The van der Waals surface area contributed by atoms with Crippen molar-refractivity contribution < 1.29 is 17.9 Å². The highest BCUT2D eigenvalue weighted by Crippen LogP contribution is 2.16. The van der Waals surface area contributed by atoms with Gasteiger partial charge >= 0.3 is 0 Å². The zero-order valence-corrected chi connectivity index (χ0v) is 20.5. The SMILES string of the molecule is O=C(COc1ccc(S(=O)(=O)NCCc2ccccc2)cc1)N1CCN(Cc2ccccc2)CC1. The number of sulfonamides is 1. The van der Waals surface area contributed by atoms with Crippen LogP contribution >= 0.6 is 0 Å². The monoisotopic (exact) mass is 493 g/mol. The number of hydrogen-bond donors (Lipinski definition) is 1. The fourth-order valence-corrected chi connectivity index (χ4v) is 5.04. The Hall–Kier alpha value is -3.20. The van der Waals surface area contributed by atoms with Gasteiger partial charge in [0.25, 0.3) is 5.91 Å². The van der Waals surface area contributed by atoms with Gasteiger partial charge in [-0.25, -0.2) is 13.1 Å². The van der Waals surface area contributed by atoms with Gasteiger partial charge in [-0.15, -0.1) is 0 Å². The van der Waals surface area contributed by atoms with Crippen molar-refractivity contribution in [2.75, 3.05) is 39.3 Å². The number of nitrogens with one attached hydrogen (secondary N) is 1. The van der Waals surface area contributed by atoms with Crippen molar-refractivity contribution >= 4 is 15.9 Å². The minimum atomic E-state index is -3.61. The first-order valence-corrected chi connectivity index (χ1v) is 13.3. The molecular formula is C27H31N3O4S. The Kier molecular flexibility index (Phi) is 8.52. The molecule has 1 aliphatic rings. The average Bonchev–Trinajstić information content (AvgIpc) is 2.89. The van der Waals surface area contributed by atoms with Crippen molar-refractivity contribution in [1.29, 1.82) is 0 Å². The van der Waals surface area contributed by atoms with Crippen LogP contribution in [0.15, 0.2) is 89.8 Å². The Morgan fingerprint density at radius 1 is 0.800 bits per heavy atom. The highest BCUT2D eigenvalue weighted by Gasteiger charge is 2.21. The Bertz CT molecular complexity index is 1180. The van der Waals surface area contributed by atoms with Crippen molar-refractivity contribution in [2.45, 2.75) is 17.9 Å². The molecule has 3 aromatic rings. The molecule has 35 heavy (non-hydrogen) atoms. The normalized spacial score (nSPS) is 14.6. The molecule has 0 atom stereocenters. The lowest BCUT2D eigenvalue weighted by atomic mass is 10.2. The van der Waals surface area contributed by atoms with E-state index >= 15 is 0 Å². The van der Waals surface area contributed by atoms with Crippen LogP contribution in [-0.2, 0) is 27.8 Å². The number of rotatable bonds is 10. The second-order valence-corrected chi connectivity index (χ2v) is 10.3. The summed E-state index contributed by atoms with van der Waals surface area (Å²) < 4.78 is 33.3. The molecule has 1 fully saturated rings. The van der Waals surface area contributed by atoms with Crippen LogP contribution in [0.2, 0.25) is 0 Å². The number of carbonyl (C=O) groups excluding carboxylic acids is 1. The third-order valence-electron chi connectivity index (χ3n) is 6.02. The van der Waals surface area contributed by atoms with Crippen LogP contribution in [0, 0.1) is 0 Å². The van der Waals surface area contributed by atoms with Gasteiger partial charge in [0.15, 0.2) is 6.61 Å². The Morgan fingerprint density at radius 2 is 1.40 bits per heavy atom. The zero-order chi connectivity index (χ0) is 24.5. The quantitative estimate of drug-likeness (QED) is 0.470. The van der Waals surface area contributed by atoms with Crippen LogP contribution in [0.25, 0.3) is 0 Å². The van der Waals surface area contributed by atoms with Gasteiger partial charge in [-0.2, -0.15) is 0 Å². The Morgan fingerprint density at radius 3 is 2.03 bits per heavy atom. The maximum absolute atomic E-state index is 12.6. The molecule has 4 rings (SSSR count). The molecule has 0 unspecified atom stereocenters. The number of hydrogen-bond acceptors (Lipinski definition) is 5. The molecule has 0 aliphatic carbocycles. The molecule has 7 nitrogen and oxygen atoms in total. The third kappa shape index (κ3) is 7.39. The molecule has 1 amide bonds. The third-order valence-corrected chi connectivity index (χ3v) is 7.50. The molecule has 0 bridgehead atoms. The molecule has 1 N–H and O–H groups in total. The van der Waals surface area contributed by atoms with Crippen molar-refractivity contribution in [2.24, 2.45) is 0 Å². The summed E-state index contributed by atoms with van der Waals surface area (Å²) in [5, 5.41) is 0. The lowest BCUT2D eigenvalue weighted by Crippen LogP contribution is -2.49. The maximum Gasteiger partial charge on any atom is 0.260 e. The number of benzene rings is 3. The lowest BCUT2D eigenvalue weighted by Gasteiger charge is -2.34. The van der Waals surface area contributed by atoms with Gasteiger partial charge in [-0.1, -0.05) is 60.7 Å². The van der Waals surface area contributed by atoms with Crippen LogP contribution < -0.4 is 9.46 Å². The molecule has 3 aromatic carbocycles. The largest absolute Gasteiger partial charge is 0.484 e. The summed E-state index contributed by atoms with van der Waals surface area (Å²) in [7, 11) is -3.61. The lowest BCUT2D eigenvalue weighted by molar-refractivity contribution is -0.135. The highest BCUT2D eigenvalue weighted by atomic mass is 32.2. The summed E-state index contributed by atoms with van der Waals surface area (Å²) in [5.41, 5.74) is 2.34. The van der Waals surface area contributed by atoms with Crippen LogP contribution in [-0.4, -0.2) is 63.5 Å².